The van der Waals surface area contributed by atoms with Gasteiger partial charge in [-0.05, 0) is 18.8 Å². The summed E-state index contributed by atoms with van der Waals surface area (Å²) in [6.07, 6.45) is 3.94. The van der Waals surface area contributed by atoms with Gasteiger partial charge >= 0.3 is 0 Å². The van der Waals surface area contributed by atoms with Crippen molar-refractivity contribution in [3.63, 3.8) is 0 Å². The highest BCUT2D eigenvalue weighted by atomic mass is 16.5. The molecule has 0 bridgehead atoms. The molecule has 1 aliphatic rings. The summed E-state index contributed by atoms with van der Waals surface area (Å²) in [5.41, 5.74) is 0. The van der Waals surface area contributed by atoms with Crippen LogP contribution in [0.4, 0.5) is 0 Å². The van der Waals surface area contributed by atoms with Crippen LogP contribution in [-0.4, -0.2) is 37.2 Å². The van der Waals surface area contributed by atoms with E-state index in [1.165, 1.54) is 19.3 Å². The van der Waals surface area contributed by atoms with E-state index >= 15 is 0 Å². The topological polar surface area (TPSA) is 12.5 Å². The predicted molar refractivity (Wildman–Crippen MR) is 60.5 cm³/mol. The third-order valence-electron chi connectivity index (χ3n) is 3.40. The van der Waals surface area contributed by atoms with E-state index in [0.29, 0.717) is 0 Å². The van der Waals surface area contributed by atoms with E-state index < -0.39 is 0 Å². The summed E-state index contributed by atoms with van der Waals surface area (Å²) in [6.45, 7) is 11.1. The molecule has 0 amide bonds. The van der Waals surface area contributed by atoms with Gasteiger partial charge in [0.2, 0.25) is 0 Å². The lowest BCUT2D eigenvalue weighted by Crippen LogP contribution is -2.43. The minimum Gasteiger partial charge on any atom is -0.379 e. The SMILES string of the molecule is CCC(C)C[C@@H](CC)N1CCOCC1. The number of morpholine rings is 1. The smallest absolute Gasteiger partial charge is 0.0594 e. The molecule has 0 radical (unpaired) electrons. The molecule has 2 atom stereocenters. The van der Waals surface area contributed by atoms with E-state index in [4.69, 9.17) is 4.74 Å². The van der Waals surface area contributed by atoms with Crippen LogP contribution >= 0.6 is 0 Å². The molecule has 0 spiro atoms. The predicted octanol–water partition coefficient (Wildman–Crippen LogP) is 2.53. The molecule has 1 rings (SSSR count). The molecule has 84 valence electrons. The van der Waals surface area contributed by atoms with E-state index in [2.05, 4.69) is 25.7 Å². The molecule has 2 heteroatoms. The molecule has 1 aliphatic heterocycles. The molecule has 0 aromatic heterocycles. The Morgan fingerprint density at radius 1 is 1.14 bits per heavy atom. The normalized spacial score (nSPS) is 23.4. The Hall–Kier alpha value is -0.0800. The highest BCUT2D eigenvalue weighted by Gasteiger charge is 2.20. The van der Waals surface area contributed by atoms with Crippen molar-refractivity contribution in [2.75, 3.05) is 26.3 Å². The zero-order chi connectivity index (χ0) is 10.4. The van der Waals surface area contributed by atoms with Crippen LogP contribution < -0.4 is 0 Å². The summed E-state index contributed by atoms with van der Waals surface area (Å²) in [5.74, 6) is 0.864. The van der Waals surface area contributed by atoms with E-state index in [1.54, 1.807) is 0 Å². The van der Waals surface area contributed by atoms with Crippen molar-refractivity contribution >= 4 is 0 Å². The Kier molecular flexibility index (Phi) is 5.49. The third kappa shape index (κ3) is 3.58. The van der Waals surface area contributed by atoms with Crippen LogP contribution in [0.15, 0.2) is 0 Å². The van der Waals surface area contributed by atoms with Gasteiger partial charge < -0.3 is 4.74 Å². The van der Waals surface area contributed by atoms with Crippen LogP contribution in [0.25, 0.3) is 0 Å². The Labute approximate surface area is 88.6 Å². The van der Waals surface area contributed by atoms with E-state index in [0.717, 1.165) is 38.3 Å². The first kappa shape index (κ1) is 12.0. The Morgan fingerprint density at radius 2 is 1.79 bits per heavy atom. The lowest BCUT2D eigenvalue weighted by atomic mass is 9.96. The third-order valence-corrected chi connectivity index (χ3v) is 3.40. The molecule has 2 nitrogen and oxygen atoms in total. The van der Waals surface area contributed by atoms with Gasteiger partial charge in [-0.25, -0.2) is 0 Å². The fraction of sp³-hybridized carbons (Fsp3) is 1.00. The first-order chi connectivity index (χ1) is 6.77. The van der Waals surface area contributed by atoms with Gasteiger partial charge in [-0.1, -0.05) is 27.2 Å². The summed E-state index contributed by atoms with van der Waals surface area (Å²) in [6, 6.07) is 0.786. The van der Waals surface area contributed by atoms with Crippen LogP contribution in [0.2, 0.25) is 0 Å². The molecule has 1 fully saturated rings. The number of hydrogen-bond donors (Lipinski definition) is 0. The van der Waals surface area contributed by atoms with Crippen LogP contribution in [0, 0.1) is 5.92 Å². The average Bonchev–Trinajstić information content (AvgIpc) is 2.26. The molecular formula is C12H25NO. The monoisotopic (exact) mass is 199 g/mol. The summed E-state index contributed by atoms with van der Waals surface area (Å²) < 4.78 is 5.38. The number of hydrogen-bond acceptors (Lipinski definition) is 2. The molecule has 0 saturated carbocycles. The van der Waals surface area contributed by atoms with Crippen molar-refractivity contribution in [2.24, 2.45) is 5.92 Å². The molecule has 0 aromatic rings. The lowest BCUT2D eigenvalue weighted by Gasteiger charge is -2.35. The van der Waals surface area contributed by atoms with Gasteiger partial charge in [0.1, 0.15) is 0 Å². The van der Waals surface area contributed by atoms with Gasteiger partial charge in [0.05, 0.1) is 13.2 Å². The maximum Gasteiger partial charge on any atom is 0.0594 e. The lowest BCUT2D eigenvalue weighted by molar-refractivity contribution is 0.0108. The maximum atomic E-state index is 5.38. The summed E-state index contributed by atoms with van der Waals surface area (Å²) in [4.78, 5) is 2.61. The minimum absolute atomic E-state index is 0.786. The molecule has 0 N–H and O–H groups in total. The zero-order valence-electron chi connectivity index (χ0n) is 9.96. The van der Waals surface area contributed by atoms with Crippen LogP contribution in [0.1, 0.15) is 40.0 Å². The van der Waals surface area contributed by atoms with E-state index in [9.17, 15) is 0 Å². The van der Waals surface area contributed by atoms with E-state index in [-0.39, 0.29) is 0 Å². The average molecular weight is 199 g/mol. The Balaban J connectivity index is 2.35. The number of nitrogens with zero attached hydrogens (tertiary/aromatic N) is 1. The van der Waals surface area contributed by atoms with E-state index in [1.807, 2.05) is 0 Å². The van der Waals surface area contributed by atoms with Gasteiger partial charge in [0.15, 0.2) is 0 Å². The van der Waals surface area contributed by atoms with Crippen molar-refractivity contribution in [3.8, 4) is 0 Å². The second kappa shape index (κ2) is 6.41. The second-order valence-electron chi connectivity index (χ2n) is 4.46. The molecular weight excluding hydrogens is 174 g/mol. The molecule has 1 heterocycles. The van der Waals surface area contributed by atoms with Gasteiger partial charge in [-0.3, -0.25) is 4.90 Å². The summed E-state index contributed by atoms with van der Waals surface area (Å²) in [5, 5.41) is 0. The Morgan fingerprint density at radius 3 is 2.29 bits per heavy atom. The molecule has 0 aromatic carbocycles. The highest BCUT2D eigenvalue weighted by Crippen LogP contribution is 2.18. The van der Waals surface area contributed by atoms with Gasteiger partial charge in [0, 0.05) is 19.1 Å². The molecule has 14 heavy (non-hydrogen) atoms. The van der Waals surface area contributed by atoms with Gasteiger partial charge in [-0.15, -0.1) is 0 Å². The number of rotatable bonds is 5. The van der Waals surface area contributed by atoms with Crippen LogP contribution in [0.3, 0.4) is 0 Å². The number of ether oxygens (including phenoxy) is 1. The molecule has 1 unspecified atom stereocenters. The first-order valence-electron chi connectivity index (χ1n) is 6.09. The van der Waals surface area contributed by atoms with Crippen molar-refractivity contribution in [1.82, 2.24) is 4.90 Å². The zero-order valence-corrected chi connectivity index (χ0v) is 9.96. The standard InChI is InChI=1S/C12H25NO/c1-4-11(3)10-12(5-2)13-6-8-14-9-7-13/h11-12H,4-10H2,1-3H3/t11?,12-/m1/s1. The largest absolute Gasteiger partial charge is 0.379 e. The van der Waals surface area contributed by atoms with Gasteiger partial charge in [-0.2, -0.15) is 0 Å². The molecule has 0 aliphatic carbocycles. The minimum atomic E-state index is 0.786. The quantitative estimate of drug-likeness (QED) is 0.674. The van der Waals surface area contributed by atoms with Gasteiger partial charge in [0.25, 0.3) is 0 Å². The molecule has 1 saturated heterocycles. The summed E-state index contributed by atoms with van der Waals surface area (Å²) in [7, 11) is 0. The van der Waals surface area contributed by atoms with Crippen LogP contribution in [0.5, 0.6) is 0 Å². The Bertz CT molecular complexity index is 143. The first-order valence-corrected chi connectivity index (χ1v) is 6.09. The van der Waals surface area contributed by atoms with Crippen molar-refractivity contribution in [2.45, 2.75) is 46.1 Å². The van der Waals surface area contributed by atoms with Crippen molar-refractivity contribution in [3.05, 3.63) is 0 Å². The second-order valence-corrected chi connectivity index (χ2v) is 4.46. The van der Waals surface area contributed by atoms with Crippen molar-refractivity contribution in [1.29, 1.82) is 0 Å². The highest BCUT2D eigenvalue weighted by molar-refractivity contribution is 4.74. The van der Waals surface area contributed by atoms with Crippen LogP contribution in [-0.2, 0) is 4.74 Å². The fourth-order valence-corrected chi connectivity index (χ4v) is 2.15. The van der Waals surface area contributed by atoms with Crippen molar-refractivity contribution < 1.29 is 4.74 Å². The maximum absolute atomic E-state index is 5.38. The fourth-order valence-electron chi connectivity index (χ4n) is 2.15. The summed E-state index contributed by atoms with van der Waals surface area (Å²) >= 11 is 0.